The van der Waals surface area contributed by atoms with Crippen molar-refractivity contribution in [1.82, 2.24) is 14.7 Å². The average Bonchev–Trinajstić information content (AvgIpc) is 2.98. The van der Waals surface area contributed by atoms with Crippen molar-refractivity contribution in [3.8, 4) is 11.3 Å². The summed E-state index contributed by atoms with van der Waals surface area (Å²) in [5.41, 5.74) is 4.13. The number of carbonyl (C=O) groups excluding carboxylic acids is 1. The fourth-order valence-electron chi connectivity index (χ4n) is 3.73. The Morgan fingerprint density at radius 2 is 1.77 bits per heavy atom. The highest BCUT2D eigenvalue weighted by Gasteiger charge is 2.21. The quantitative estimate of drug-likeness (QED) is 0.355. The molecule has 0 saturated carbocycles. The van der Waals surface area contributed by atoms with Crippen LogP contribution in [-0.4, -0.2) is 24.3 Å². The summed E-state index contributed by atoms with van der Waals surface area (Å²) in [6.45, 7) is 0.205. The number of hydrogen-bond donors (Lipinski definition) is 3. The molecule has 5 rings (SSSR count). The van der Waals surface area contributed by atoms with Crippen LogP contribution in [0.15, 0.2) is 83.9 Å². The van der Waals surface area contributed by atoms with Crippen molar-refractivity contribution >= 4 is 44.9 Å². The molecule has 10 heteroatoms. The summed E-state index contributed by atoms with van der Waals surface area (Å²) in [6, 6.07) is 20.8. The zero-order valence-corrected chi connectivity index (χ0v) is 19.9. The smallest absolute Gasteiger partial charge is 0.240 e. The molecule has 0 unspecified atom stereocenters. The van der Waals surface area contributed by atoms with Gasteiger partial charge in [-0.1, -0.05) is 41.9 Å². The van der Waals surface area contributed by atoms with Crippen molar-refractivity contribution in [2.45, 2.75) is 17.9 Å². The number of benzene rings is 3. The standard InChI is InChI=1S/C25H20ClN5O3S/c26-18-6-11-21-22(13-18)30-23(32)12-17-15-27-25(31-24(17)21)29-19-7-9-20(10-8-19)35(33,34)28-14-16-4-2-1-3-5-16/h1-11,13,15,28H,12,14H2,(H,30,32)(H,27,29,31). The van der Waals surface area contributed by atoms with E-state index in [1.54, 1.807) is 36.5 Å². The molecule has 0 radical (unpaired) electrons. The molecule has 0 aliphatic carbocycles. The summed E-state index contributed by atoms with van der Waals surface area (Å²) in [5.74, 6) is 0.144. The van der Waals surface area contributed by atoms with E-state index < -0.39 is 10.0 Å². The lowest BCUT2D eigenvalue weighted by atomic mass is 10.1. The van der Waals surface area contributed by atoms with Crippen molar-refractivity contribution in [1.29, 1.82) is 0 Å². The van der Waals surface area contributed by atoms with Crippen LogP contribution in [-0.2, 0) is 27.8 Å². The number of halogens is 1. The van der Waals surface area contributed by atoms with Gasteiger partial charge >= 0.3 is 0 Å². The van der Waals surface area contributed by atoms with E-state index in [1.807, 2.05) is 30.3 Å². The maximum Gasteiger partial charge on any atom is 0.240 e. The van der Waals surface area contributed by atoms with Gasteiger partial charge in [0.15, 0.2) is 0 Å². The topological polar surface area (TPSA) is 113 Å². The number of rotatable bonds is 6. The molecule has 2 heterocycles. The largest absolute Gasteiger partial charge is 0.325 e. The summed E-state index contributed by atoms with van der Waals surface area (Å²) >= 11 is 6.10. The minimum atomic E-state index is -3.67. The molecule has 3 N–H and O–H groups in total. The van der Waals surface area contributed by atoms with E-state index in [1.165, 1.54) is 12.1 Å². The third kappa shape index (κ3) is 5.17. The molecule has 176 valence electrons. The highest BCUT2D eigenvalue weighted by Crippen LogP contribution is 2.34. The van der Waals surface area contributed by atoms with Crippen molar-refractivity contribution in [2.24, 2.45) is 0 Å². The molecular formula is C25H20ClN5O3S. The first-order valence-electron chi connectivity index (χ1n) is 10.7. The number of sulfonamides is 1. The Morgan fingerprint density at radius 1 is 1.00 bits per heavy atom. The van der Waals surface area contributed by atoms with Crippen LogP contribution < -0.4 is 15.4 Å². The molecule has 0 saturated heterocycles. The number of hydrogen-bond acceptors (Lipinski definition) is 6. The van der Waals surface area contributed by atoms with Crippen molar-refractivity contribution in [3.05, 3.63) is 95.1 Å². The van der Waals surface area contributed by atoms with E-state index in [9.17, 15) is 13.2 Å². The van der Waals surface area contributed by atoms with Crippen LogP contribution in [0.25, 0.3) is 11.3 Å². The number of nitrogens with one attached hydrogen (secondary N) is 3. The molecule has 4 aromatic rings. The second kappa shape index (κ2) is 9.46. The average molecular weight is 506 g/mol. The lowest BCUT2D eigenvalue weighted by Crippen LogP contribution is -2.23. The van der Waals surface area contributed by atoms with Gasteiger partial charge in [-0.25, -0.2) is 23.1 Å². The van der Waals surface area contributed by atoms with Crippen LogP contribution >= 0.6 is 11.6 Å². The summed E-state index contributed by atoms with van der Waals surface area (Å²) < 4.78 is 27.9. The van der Waals surface area contributed by atoms with Gasteiger partial charge in [-0.15, -0.1) is 0 Å². The number of anilines is 3. The van der Waals surface area contributed by atoms with E-state index in [0.717, 1.165) is 11.1 Å². The highest BCUT2D eigenvalue weighted by atomic mass is 35.5. The Morgan fingerprint density at radius 3 is 2.54 bits per heavy atom. The lowest BCUT2D eigenvalue weighted by Gasteiger charge is -2.11. The monoisotopic (exact) mass is 505 g/mol. The van der Waals surface area contributed by atoms with Crippen molar-refractivity contribution < 1.29 is 13.2 Å². The molecule has 1 aromatic heterocycles. The Bertz CT molecular complexity index is 1510. The Labute approximate surface area is 207 Å². The predicted octanol–water partition coefficient (Wildman–Crippen LogP) is 4.51. The first-order chi connectivity index (χ1) is 16.9. The second-order valence-corrected chi connectivity index (χ2v) is 10.1. The third-order valence-electron chi connectivity index (χ3n) is 5.46. The maximum absolute atomic E-state index is 12.6. The lowest BCUT2D eigenvalue weighted by molar-refractivity contribution is -0.115. The van der Waals surface area contributed by atoms with Gasteiger partial charge in [0.1, 0.15) is 0 Å². The molecule has 3 aromatic carbocycles. The van der Waals surface area contributed by atoms with Gasteiger partial charge in [-0.3, -0.25) is 4.79 Å². The Hall–Kier alpha value is -3.79. The Kier molecular flexibility index (Phi) is 6.21. The van der Waals surface area contributed by atoms with Crippen LogP contribution in [0.3, 0.4) is 0 Å². The van der Waals surface area contributed by atoms with E-state index in [0.29, 0.717) is 33.6 Å². The second-order valence-electron chi connectivity index (χ2n) is 7.94. The maximum atomic E-state index is 12.6. The van der Waals surface area contributed by atoms with E-state index in [4.69, 9.17) is 11.6 Å². The number of fused-ring (bicyclic) bond motifs is 3. The van der Waals surface area contributed by atoms with E-state index >= 15 is 0 Å². The molecule has 8 nitrogen and oxygen atoms in total. The van der Waals surface area contributed by atoms with Crippen LogP contribution in [0, 0.1) is 0 Å². The molecule has 0 fully saturated rings. The fraction of sp³-hybridized carbons (Fsp3) is 0.0800. The molecular weight excluding hydrogens is 486 g/mol. The molecule has 35 heavy (non-hydrogen) atoms. The van der Waals surface area contributed by atoms with Crippen LogP contribution in [0.2, 0.25) is 5.02 Å². The zero-order chi connectivity index (χ0) is 24.4. The normalized spacial score (nSPS) is 12.8. The summed E-state index contributed by atoms with van der Waals surface area (Å²) in [5, 5.41) is 6.45. The fourth-order valence-corrected chi connectivity index (χ4v) is 4.92. The SMILES string of the molecule is O=C1Cc2cnc(Nc3ccc(S(=O)(=O)NCc4ccccc4)cc3)nc2-c2ccc(Cl)cc2N1. The van der Waals surface area contributed by atoms with Crippen LogP contribution in [0.1, 0.15) is 11.1 Å². The van der Waals surface area contributed by atoms with Gasteiger partial charge in [0.25, 0.3) is 0 Å². The highest BCUT2D eigenvalue weighted by molar-refractivity contribution is 7.89. The van der Waals surface area contributed by atoms with Gasteiger partial charge in [0, 0.05) is 34.6 Å². The van der Waals surface area contributed by atoms with Crippen LogP contribution in [0.4, 0.5) is 17.3 Å². The molecule has 1 aliphatic heterocycles. The summed E-state index contributed by atoms with van der Waals surface area (Å²) in [7, 11) is -3.67. The van der Waals surface area contributed by atoms with Gasteiger partial charge in [-0.05, 0) is 48.0 Å². The minimum Gasteiger partial charge on any atom is -0.325 e. The number of carbonyl (C=O) groups is 1. The third-order valence-corrected chi connectivity index (χ3v) is 7.11. The van der Waals surface area contributed by atoms with Crippen LogP contribution in [0.5, 0.6) is 0 Å². The van der Waals surface area contributed by atoms with Gasteiger partial charge in [-0.2, -0.15) is 0 Å². The predicted molar refractivity (Wildman–Crippen MR) is 135 cm³/mol. The summed E-state index contributed by atoms with van der Waals surface area (Å²) in [4.78, 5) is 21.4. The van der Waals surface area contributed by atoms with Gasteiger partial charge in [0.05, 0.1) is 22.7 Å². The minimum absolute atomic E-state index is 0.143. The Balaban J connectivity index is 1.35. The number of nitrogens with zero attached hydrogens (tertiary/aromatic N) is 2. The molecule has 0 atom stereocenters. The molecule has 1 aliphatic rings. The molecule has 0 spiro atoms. The van der Waals surface area contributed by atoms with E-state index in [-0.39, 0.29) is 23.8 Å². The van der Waals surface area contributed by atoms with E-state index in [2.05, 4.69) is 25.3 Å². The first-order valence-corrected chi connectivity index (χ1v) is 12.6. The first kappa shape index (κ1) is 23.0. The number of amides is 1. The summed E-state index contributed by atoms with van der Waals surface area (Å²) in [6.07, 6.45) is 1.75. The zero-order valence-electron chi connectivity index (χ0n) is 18.3. The van der Waals surface area contributed by atoms with Crippen molar-refractivity contribution in [3.63, 3.8) is 0 Å². The van der Waals surface area contributed by atoms with Gasteiger partial charge < -0.3 is 10.6 Å². The molecule has 0 bridgehead atoms. The molecule has 1 amide bonds. The van der Waals surface area contributed by atoms with Gasteiger partial charge in [0.2, 0.25) is 21.9 Å². The van der Waals surface area contributed by atoms with Crippen molar-refractivity contribution in [2.75, 3.05) is 10.6 Å². The number of aromatic nitrogens is 2.